The summed E-state index contributed by atoms with van der Waals surface area (Å²) < 4.78 is 19.8. The summed E-state index contributed by atoms with van der Waals surface area (Å²) in [7, 11) is 0. The Hall–Kier alpha value is -3.77. The lowest BCUT2D eigenvalue weighted by molar-refractivity contribution is -0.126. The normalized spacial score (nSPS) is 20.1. The van der Waals surface area contributed by atoms with Gasteiger partial charge in [-0.15, -0.1) is 0 Å². The third kappa shape index (κ3) is 4.69. The van der Waals surface area contributed by atoms with E-state index in [4.69, 9.17) is 4.74 Å². The maximum atomic E-state index is 13.6. The molecular formula is C25H20FN3O6S2. The zero-order chi connectivity index (χ0) is 26.3. The number of ether oxygens (including phenoxy) is 1. The molecule has 0 radical (unpaired) electrons. The minimum absolute atomic E-state index is 0.245. The van der Waals surface area contributed by atoms with Gasteiger partial charge in [0.25, 0.3) is 0 Å². The van der Waals surface area contributed by atoms with Gasteiger partial charge in [0.05, 0.1) is 23.1 Å². The first-order chi connectivity index (χ1) is 17.8. The zero-order valence-corrected chi connectivity index (χ0v) is 21.0. The first-order valence-corrected chi connectivity index (χ1v) is 13.0. The van der Waals surface area contributed by atoms with Crippen LogP contribution in [0, 0.1) is 11.7 Å². The van der Waals surface area contributed by atoms with Gasteiger partial charge in [0, 0.05) is 16.5 Å². The largest absolute Gasteiger partial charge is 0.462 e. The van der Waals surface area contributed by atoms with E-state index in [9.17, 15) is 28.4 Å². The number of amides is 3. The van der Waals surface area contributed by atoms with Crippen LogP contribution in [0.5, 0.6) is 0 Å². The highest BCUT2D eigenvalue weighted by Crippen LogP contribution is 2.51. The Morgan fingerprint density at radius 2 is 1.76 bits per heavy atom. The first-order valence-electron chi connectivity index (χ1n) is 11.3. The summed E-state index contributed by atoms with van der Waals surface area (Å²) in [6.07, 6.45) is 0. The van der Waals surface area contributed by atoms with Crippen LogP contribution >= 0.6 is 23.1 Å². The summed E-state index contributed by atoms with van der Waals surface area (Å²) in [5.74, 6) is -3.71. The number of hydrogen-bond donors (Lipinski definition) is 2. The number of imide groups is 1. The number of nitrogens with one attached hydrogen (secondary N) is 2. The minimum atomic E-state index is -0.784. The fourth-order valence-corrected chi connectivity index (χ4v) is 7.19. The monoisotopic (exact) mass is 541 g/mol. The lowest BCUT2D eigenvalue weighted by Crippen LogP contribution is -2.32. The van der Waals surface area contributed by atoms with Crippen LogP contribution in [0.25, 0.3) is 0 Å². The molecule has 2 N–H and O–H groups in total. The molecule has 190 valence electrons. The van der Waals surface area contributed by atoms with Crippen LogP contribution in [0.4, 0.5) is 10.1 Å². The molecule has 5 rings (SSSR count). The van der Waals surface area contributed by atoms with Crippen molar-refractivity contribution in [1.82, 2.24) is 9.88 Å². The number of benzene rings is 2. The van der Waals surface area contributed by atoms with Gasteiger partial charge in [-0.05, 0) is 48.9 Å². The van der Waals surface area contributed by atoms with Crippen molar-refractivity contribution in [2.24, 2.45) is 5.92 Å². The van der Waals surface area contributed by atoms with Gasteiger partial charge < -0.3 is 10.1 Å². The van der Waals surface area contributed by atoms with Crippen LogP contribution in [-0.2, 0) is 25.7 Å². The molecule has 2 aliphatic heterocycles. The predicted molar refractivity (Wildman–Crippen MR) is 134 cm³/mol. The second kappa shape index (κ2) is 9.94. The molecule has 0 saturated carbocycles. The Bertz CT molecular complexity index is 1470. The second-order valence-electron chi connectivity index (χ2n) is 8.42. The molecule has 37 heavy (non-hydrogen) atoms. The summed E-state index contributed by atoms with van der Waals surface area (Å²) in [6.45, 7) is 1.63. The van der Waals surface area contributed by atoms with Crippen molar-refractivity contribution in [2.75, 3.05) is 11.9 Å². The lowest BCUT2D eigenvalue weighted by atomic mass is 9.83. The summed E-state index contributed by atoms with van der Waals surface area (Å²) in [4.78, 5) is 63.0. The molecule has 0 aliphatic carbocycles. The molecule has 3 aromatic rings. The van der Waals surface area contributed by atoms with Crippen molar-refractivity contribution in [1.29, 1.82) is 0 Å². The van der Waals surface area contributed by atoms with Gasteiger partial charge in [-0.25, -0.2) is 9.18 Å². The van der Waals surface area contributed by atoms with Gasteiger partial charge in [-0.2, -0.15) is 0 Å². The number of aromatic nitrogens is 1. The molecule has 0 bridgehead atoms. The molecule has 1 saturated heterocycles. The first kappa shape index (κ1) is 24.9. The average Bonchev–Trinajstić information content (AvgIpc) is 3.33. The molecule has 12 heteroatoms. The number of thiazole rings is 1. The van der Waals surface area contributed by atoms with Crippen molar-refractivity contribution in [3.8, 4) is 0 Å². The van der Waals surface area contributed by atoms with Gasteiger partial charge in [-0.3, -0.25) is 29.1 Å². The van der Waals surface area contributed by atoms with E-state index in [0.717, 1.165) is 23.1 Å². The molecule has 2 aromatic carbocycles. The predicted octanol–water partition coefficient (Wildman–Crippen LogP) is 2.74. The van der Waals surface area contributed by atoms with Crippen molar-refractivity contribution in [3.05, 3.63) is 80.0 Å². The molecule has 2 aliphatic rings. The third-order valence-corrected chi connectivity index (χ3v) is 8.71. The van der Waals surface area contributed by atoms with Crippen LogP contribution in [0.15, 0.2) is 58.4 Å². The van der Waals surface area contributed by atoms with Gasteiger partial charge in [0.1, 0.15) is 17.6 Å². The summed E-state index contributed by atoms with van der Waals surface area (Å²) in [5, 5.41) is 4.70. The van der Waals surface area contributed by atoms with E-state index >= 15 is 0 Å². The maximum Gasteiger partial charge on any atom is 0.338 e. The van der Waals surface area contributed by atoms with E-state index in [-0.39, 0.29) is 13.2 Å². The van der Waals surface area contributed by atoms with E-state index < -0.39 is 51.5 Å². The molecule has 1 aromatic heterocycles. The Labute approximate surface area is 218 Å². The van der Waals surface area contributed by atoms with Gasteiger partial charge in [0.2, 0.25) is 17.7 Å². The number of hydrogen-bond acceptors (Lipinski definition) is 8. The van der Waals surface area contributed by atoms with Gasteiger partial charge in [-0.1, -0.05) is 35.2 Å². The molecule has 9 nitrogen and oxygen atoms in total. The highest BCUT2D eigenvalue weighted by Gasteiger charge is 2.52. The lowest BCUT2D eigenvalue weighted by Gasteiger charge is -2.30. The number of thioether (sulfide) groups is 1. The number of carbonyl (C=O) groups is 4. The topological polar surface area (TPSA) is 124 Å². The van der Waals surface area contributed by atoms with Crippen molar-refractivity contribution in [2.45, 2.75) is 29.7 Å². The Morgan fingerprint density at radius 3 is 2.43 bits per heavy atom. The van der Waals surface area contributed by atoms with Crippen LogP contribution in [0.1, 0.15) is 33.6 Å². The van der Waals surface area contributed by atoms with Gasteiger partial charge in [0.15, 0.2) is 0 Å². The highest BCUT2D eigenvalue weighted by molar-refractivity contribution is 8.00. The summed E-state index contributed by atoms with van der Waals surface area (Å²) >= 11 is 1.99. The van der Waals surface area contributed by atoms with E-state index in [1.807, 2.05) is 0 Å². The van der Waals surface area contributed by atoms with Crippen molar-refractivity contribution < 1.29 is 28.3 Å². The third-order valence-electron chi connectivity index (χ3n) is 6.10. The molecule has 3 amide bonds. The number of esters is 1. The number of halogens is 1. The minimum Gasteiger partial charge on any atom is -0.462 e. The number of nitrogens with zero attached hydrogens (tertiary/aromatic N) is 1. The zero-order valence-electron chi connectivity index (χ0n) is 19.4. The van der Waals surface area contributed by atoms with E-state index in [0.29, 0.717) is 26.7 Å². The maximum absolute atomic E-state index is 13.6. The van der Waals surface area contributed by atoms with E-state index in [1.165, 1.54) is 41.0 Å². The Balaban J connectivity index is 1.43. The molecule has 0 spiro atoms. The van der Waals surface area contributed by atoms with Crippen molar-refractivity contribution in [3.63, 3.8) is 0 Å². The summed E-state index contributed by atoms with van der Waals surface area (Å²) in [5.41, 5.74) is 1.36. The highest BCUT2D eigenvalue weighted by atomic mass is 32.2. The van der Waals surface area contributed by atoms with Crippen molar-refractivity contribution >= 4 is 52.5 Å². The fraction of sp³-hybridized carbons (Fsp3) is 0.240. The molecular weight excluding hydrogens is 521 g/mol. The standard InChI is InChI=1S/C25H20FN3O6S2/c1-2-35-24(33)13-5-9-15(10-6-13)27-16(30)11-29-23-20(37-25(29)34)17(12-3-7-14(26)8-4-12)18-19(36-23)22(32)28-21(18)31/h3-10,17-19H,2,11H2,1H3,(H,27,30)(H,28,31,32)/t17-,18?,19?/m0/s1. The van der Waals surface area contributed by atoms with Crippen LogP contribution in [-0.4, -0.2) is 40.1 Å². The Kier molecular flexibility index (Phi) is 6.69. The van der Waals surface area contributed by atoms with E-state index in [1.54, 1.807) is 19.1 Å². The Morgan fingerprint density at radius 1 is 1.05 bits per heavy atom. The molecule has 2 unspecified atom stereocenters. The van der Waals surface area contributed by atoms with Crippen LogP contribution in [0.3, 0.4) is 0 Å². The number of anilines is 1. The fourth-order valence-electron chi connectivity index (χ4n) is 4.45. The number of rotatable bonds is 6. The van der Waals surface area contributed by atoms with E-state index in [2.05, 4.69) is 10.6 Å². The van der Waals surface area contributed by atoms with Crippen LogP contribution < -0.4 is 15.5 Å². The number of fused-ring (bicyclic) bond motifs is 2. The van der Waals surface area contributed by atoms with Crippen LogP contribution in [0.2, 0.25) is 0 Å². The quantitative estimate of drug-likeness (QED) is 0.363. The summed E-state index contributed by atoms with van der Waals surface area (Å²) in [6, 6.07) is 11.7. The molecule has 3 atom stereocenters. The number of carbonyl (C=O) groups excluding carboxylic acids is 4. The SMILES string of the molecule is CCOC(=O)c1ccc(NC(=O)Cn2c3c(sc2=O)[C@@H](c2ccc(F)cc2)C2C(=O)NC(=O)C2S3)cc1. The average molecular weight is 542 g/mol. The van der Waals surface area contributed by atoms with Gasteiger partial charge >= 0.3 is 10.8 Å². The second-order valence-corrected chi connectivity index (χ2v) is 10.5. The molecule has 1 fully saturated rings. The molecule has 3 heterocycles. The smallest absolute Gasteiger partial charge is 0.338 e.